The molecule has 126 valence electrons. The van der Waals surface area contributed by atoms with Crippen molar-refractivity contribution in [1.29, 1.82) is 0 Å². The number of ether oxygens (including phenoxy) is 1. The van der Waals surface area contributed by atoms with E-state index < -0.39 is 0 Å². The van der Waals surface area contributed by atoms with Gasteiger partial charge in [0.1, 0.15) is 6.54 Å². The highest BCUT2D eigenvalue weighted by molar-refractivity contribution is 5.75. The van der Waals surface area contributed by atoms with Gasteiger partial charge in [-0.1, -0.05) is 0 Å². The van der Waals surface area contributed by atoms with Gasteiger partial charge < -0.3 is 10.1 Å². The van der Waals surface area contributed by atoms with Gasteiger partial charge in [-0.05, 0) is 31.8 Å². The Labute approximate surface area is 131 Å². The third kappa shape index (κ3) is 3.99. The van der Waals surface area contributed by atoms with Gasteiger partial charge >= 0.3 is 11.9 Å². The van der Waals surface area contributed by atoms with Crippen LogP contribution in [0.3, 0.4) is 0 Å². The van der Waals surface area contributed by atoms with E-state index in [-0.39, 0.29) is 12.5 Å². The van der Waals surface area contributed by atoms with Crippen molar-refractivity contribution < 1.29 is 14.2 Å². The molecular weight excluding hydrogens is 286 g/mol. The van der Waals surface area contributed by atoms with Crippen molar-refractivity contribution in [3.8, 4) is 0 Å². The van der Waals surface area contributed by atoms with E-state index in [1.54, 1.807) is 14.0 Å². The van der Waals surface area contributed by atoms with Crippen LogP contribution in [0.25, 0.3) is 0 Å². The van der Waals surface area contributed by atoms with Gasteiger partial charge in [-0.2, -0.15) is 20.1 Å². The van der Waals surface area contributed by atoms with Crippen LogP contribution in [0.15, 0.2) is 0 Å². The molecule has 0 bridgehead atoms. The Morgan fingerprint density at radius 2 is 2.09 bits per heavy atom. The second kappa shape index (κ2) is 7.61. The van der Waals surface area contributed by atoms with Crippen LogP contribution in [0.1, 0.15) is 6.92 Å². The summed E-state index contributed by atoms with van der Waals surface area (Å²) >= 11 is 0. The third-order valence-electron chi connectivity index (χ3n) is 4.17. The molecule has 0 aliphatic carbocycles. The molecule has 0 aromatic heterocycles. The Morgan fingerprint density at radius 1 is 1.45 bits per heavy atom. The van der Waals surface area contributed by atoms with Crippen LogP contribution in [-0.2, 0) is 9.53 Å². The average Bonchev–Trinajstić information content (AvgIpc) is 3.03. The fourth-order valence-electron chi connectivity index (χ4n) is 3.01. The lowest BCUT2D eigenvalue weighted by molar-refractivity contribution is -0.518. The summed E-state index contributed by atoms with van der Waals surface area (Å²) in [5.41, 5.74) is 5.83. The van der Waals surface area contributed by atoms with Gasteiger partial charge in [0.15, 0.2) is 0 Å². The standard InChI is InChI=1S/C13H27N7O2/c1-4-22-12(21)7-16-17-13(18(2)14)19(3)20-8-10-5-15-6-11(10)9-20/h10-11,15-16H,4-9,14H2,1-3H3/p+1. The smallest absolute Gasteiger partial charge is 0.403 e. The van der Waals surface area contributed by atoms with E-state index in [9.17, 15) is 4.79 Å². The van der Waals surface area contributed by atoms with Gasteiger partial charge in [-0.3, -0.25) is 10.6 Å². The highest BCUT2D eigenvalue weighted by Crippen LogP contribution is 2.26. The Bertz CT molecular complexity index is 413. The molecule has 5 N–H and O–H groups in total. The van der Waals surface area contributed by atoms with Crippen LogP contribution in [0.4, 0.5) is 0 Å². The highest BCUT2D eigenvalue weighted by atomic mass is 16.5. The molecule has 9 nitrogen and oxygen atoms in total. The first-order valence-electron chi connectivity index (χ1n) is 7.72. The molecule has 2 fully saturated rings. The van der Waals surface area contributed by atoms with Gasteiger partial charge in [0.25, 0.3) is 0 Å². The summed E-state index contributed by atoms with van der Waals surface area (Å²) < 4.78 is 6.36. The van der Waals surface area contributed by atoms with E-state index in [2.05, 4.69) is 21.2 Å². The molecule has 2 unspecified atom stereocenters. The molecule has 2 atom stereocenters. The number of rotatable bonds is 5. The van der Waals surface area contributed by atoms with Crippen LogP contribution in [0, 0.1) is 11.8 Å². The molecule has 0 aromatic rings. The maximum absolute atomic E-state index is 11.3. The van der Waals surface area contributed by atoms with E-state index in [0.717, 1.165) is 26.2 Å². The van der Waals surface area contributed by atoms with Gasteiger partial charge in [0, 0.05) is 13.1 Å². The van der Waals surface area contributed by atoms with Crippen molar-refractivity contribution in [2.45, 2.75) is 6.92 Å². The first-order chi connectivity index (χ1) is 10.5. The van der Waals surface area contributed by atoms with Crippen molar-refractivity contribution in [3.05, 3.63) is 0 Å². The fourth-order valence-corrected chi connectivity index (χ4v) is 3.01. The largest absolute Gasteiger partial charge is 0.465 e. The molecule has 9 heteroatoms. The Kier molecular flexibility index (Phi) is 5.81. The molecule has 2 aliphatic rings. The molecule has 0 aromatic carbocycles. The zero-order chi connectivity index (χ0) is 16.1. The number of guanidine groups is 1. The summed E-state index contributed by atoms with van der Waals surface area (Å²) in [6, 6.07) is 0. The number of esters is 1. The minimum absolute atomic E-state index is 0.0776. The summed E-state index contributed by atoms with van der Waals surface area (Å²) in [7, 11) is 3.72. The van der Waals surface area contributed by atoms with Crippen molar-refractivity contribution in [1.82, 2.24) is 26.2 Å². The topological polar surface area (TPSA) is 97.9 Å². The first kappa shape index (κ1) is 16.8. The molecule has 2 rings (SSSR count). The first-order valence-corrected chi connectivity index (χ1v) is 7.72. The van der Waals surface area contributed by atoms with Gasteiger partial charge in [-0.25, -0.2) is 5.43 Å². The number of hydrazone groups is 1. The average molecular weight is 314 g/mol. The van der Waals surface area contributed by atoms with Crippen molar-refractivity contribution >= 4 is 11.9 Å². The van der Waals surface area contributed by atoms with Crippen LogP contribution < -0.4 is 22.0 Å². The summed E-state index contributed by atoms with van der Waals surface area (Å²) in [5, 5.41) is 7.70. The number of nitrogens with two attached hydrogens (primary N) is 1. The molecule has 0 spiro atoms. The van der Waals surface area contributed by atoms with Crippen molar-refractivity contribution in [2.24, 2.45) is 17.7 Å². The maximum Gasteiger partial charge on any atom is 0.403 e. The number of hydrazine groups is 3. The second-order valence-corrected chi connectivity index (χ2v) is 5.79. The fraction of sp³-hybridized carbons (Fsp3) is 0.846. The molecule has 2 saturated heterocycles. The molecule has 2 aliphatic heterocycles. The zero-order valence-corrected chi connectivity index (χ0v) is 13.6. The Morgan fingerprint density at radius 3 is 2.64 bits per heavy atom. The summed E-state index contributed by atoms with van der Waals surface area (Å²) in [5.74, 6) is 7.65. The number of fused-ring (bicyclic) bond motifs is 1. The van der Waals surface area contributed by atoms with Crippen LogP contribution in [0.5, 0.6) is 0 Å². The number of hydrogen-bond acceptors (Lipinski definition) is 6. The SMILES string of the molecule is CCOC(=O)CNNC(N(C)N1CC2CNCC2C1)=[N+](C)N. The van der Waals surface area contributed by atoms with E-state index >= 15 is 0 Å². The molecule has 2 heterocycles. The van der Waals surface area contributed by atoms with E-state index in [0.29, 0.717) is 24.4 Å². The summed E-state index contributed by atoms with van der Waals surface area (Å²) in [4.78, 5) is 11.3. The Balaban J connectivity index is 1.86. The van der Waals surface area contributed by atoms with Gasteiger partial charge in [-0.15, -0.1) is 0 Å². The number of nitrogens with zero attached hydrogens (tertiary/aromatic N) is 3. The van der Waals surface area contributed by atoms with Crippen molar-refractivity contribution in [2.75, 3.05) is 53.4 Å². The monoisotopic (exact) mass is 314 g/mol. The van der Waals surface area contributed by atoms with Crippen LogP contribution >= 0.6 is 0 Å². The van der Waals surface area contributed by atoms with Gasteiger partial charge in [0.05, 0.1) is 20.7 Å². The summed E-state index contributed by atoms with van der Waals surface area (Å²) in [6.45, 7) is 6.40. The maximum atomic E-state index is 11.3. The zero-order valence-electron chi connectivity index (χ0n) is 13.6. The predicted molar refractivity (Wildman–Crippen MR) is 82.3 cm³/mol. The molecule has 0 radical (unpaired) electrons. The number of nitrogens with one attached hydrogen (secondary N) is 3. The number of hydrogen-bond donors (Lipinski definition) is 4. The molecule has 22 heavy (non-hydrogen) atoms. The molecular formula is C13H28N7O2+. The van der Waals surface area contributed by atoms with Crippen LogP contribution in [0.2, 0.25) is 0 Å². The second-order valence-electron chi connectivity index (χ2n) is 5.79. The third-order valence-corrected chi connectivity index (χ3v) is 4.17. The lowest BCUT2D eigenvalue weighted by Crippen LogP contribution is -2.57. The predicted octanol–water partition coefficient (Wildman–Crippen LogP) is -2.49. The number of carbonyl (C=O) groups is 1. The quantitative estimate of drug-likeness (QED) is 0.111. The number of carbonyl (C=O) groups excluding carboxylic acids is 1. The molecule has 0 saturated carbocycles. The normalized spacial score (nSPS) is 25.6. The van der Waals surface area contributed by atoms with E-state index in [1.165, 1.54) is 4.68 Å². The van der Waals surface area contributed by atoms with E-state index in [1.807, 2.05) is 12.1 Å². The summed E-state index contributed by atoms with van der Waals surface area (Å²) in [6.07, 6.45) is 0. The minimum atomic E-state index is -0.307. The lowest BCUT2D eigenvalue weighted by Gasteiger charge is -2.26. The minimum Gasteiger partial charge on any atom is -0.465 e. The van der Waals surface area contributed by atoms with E-state index in [4.69, 9.17) is 10.6 Å². The van der Waals surface area contributed by atoms with Crippen LogP contribution in [-0.4, -0.2) is 80.1 Å². The highest BCUT2D eigenvalue weighted by Gasteiger charge is 2.40. The Hall–Kier alpha value is -1.58. The lowest BCUT2D eigenvalue weighted by atomic mass is 10.0. The molecule has 0 amide bonds. The van der Waals surface area contributed by atoms with Crippen molar-refractivity contribution in [3.63, 3.8) is 0 Å². The van der Waals surface area contributed by atoms with Gasteiger partial charge in [0.2, 0.25) is 0 Å².